The van der Waals surface area contributed by atoms with E-state index in [-0.39, 0.29) is 24.1 Å². The lowest BCUT2D eigenvalue weighted by molar-refractivity contribution is -0.141. The van der Waals surface area contributed by atoms with E-state index in [4.69, 9.17) is 4.74 Å². The molecule has 1 amide bonds. The normalized spacial score (nSPS) is 12.3. The van der Waals surface area contributed by atoms with E-state index < -0.39 is 7.26 Å². The second kappa shape index (κ2) is 12.2. The van der Waals surface area contributed by atoms with Gasteiger partial charge < -0.3 is 10.1 Å². The molecule has 5 heteroatoms. The summed E-state index contributed by atoms with van der Waals surface area (Å²) < 4.78 is 5.62. The zero-order chi connectivity index (χ0) is 23.7. The summed E-state index contributed by atoms with van der Waals surface area (Å²) >= 11 is 0. The summed E-state index contributed by atoms with van der Waals surface area (Å²) in [6.45, 7) is 12.8. The fourth-order valence-corrected chi connectivity index (χ4v) is 8.52. The molecule has 0 bridgehead atoms. The van der Waals surface area contributed by atoms with Crippen LogP contribution in [0, 0.1) is 20.8 Å². The molecule has 0 aliphatic carbocycles. The van der Waals surface area contributed by atoms with Crippen molar-refractivity contribution in [2.75, 3.05) is 23.8 Å². The Morgan fingerprint density at radius 3 is 2.09 bits per heavy atom. The fraction of sp³-hybridized carbons (Fsp3) is 0.481. The number of hydrogen-bond donors (Lipinski definition) is 1. The van der Waals surface area contributed by atoms with Crippen LogP contribution in [-0.4, -0.2) is 36.0 Å². The molecule has 1 unspecified atom stereocenters. The first-order chi connectivity index (χ1) is 15.3. The monoisotopic (exact) mass is 456 g/mol. The highest BCUT2D eigenvalue weighted by Gasteiger charge is 2.48. The topological polar surface area (TPSA) is 55.4 Å². The van der Waals surface area contributed by atoms with Gasteiger partial charge in [-0.15, -0.1) is 0 Å². The first-order valence-corrected chi connectivity index (χ1v) is 14.1. The van der Waals surface area contributed by atoms with Crippen LogP contribution >= 0.6 is 7.26 Å². The molecular weight excluding hydrogens is 417 g/mol. The van der Waals surface area contributed by atoms with Crippen molar-refractivity contribution in [3.05, 3.63) is 64.7 Å². The average Bonchev–Trinajstić information content (AvgIpc) is 2.77. The summed E-state index contributed by atoms with van der Waals surface area (Å²) in [7, 11) is -1.88. The third-order valence-corrected chi connectivity index (χ3v) is 11.6. The summed E-state index contributed by atoms with van der Waals surface area (Å²) in [6.07, 6.45) is 3.76. The molecule has 4 nitrogen and oxygen atoms in total. The van der Waals surface area contributed by atoms with E-state index in [9.17, 15) is 9.59 Å². The Labute approximate surface area is 194 Å². The van der Waals surface area contributed by atoms with Gasteiger partial charge in [0, 0.05) is 12.9 Å². The van der Waals surface area contributed by atoms with Gasteiger partial charge in [-0.1, -0.05) is 61.4 Å². The third-order valence-electron chi connectivity index (χ3n) is 6.40. The summed E-state index contributed by atoms with van der Waals surface area (Å²) in [4.78, 5) is 26.4. The van der Waals surface area contributed by atoms with Crippen LogP contribution in [0.5, 0.6) is 0 Å². The second-order valence-corrected chi connectivity index (χ2v) is 13.4. The van der Waals surface area contributed by atoms with Crippen molar-refractivity contribution in [3.8, 4) is 0 Å². The van der Waals surface area contributed by atoms with E-state index in [1.807, 2.05) is 44.2 Å². The zero-order valence-corrected chi connectivity index (χ0v) is 21.4. The van der Waals surface area contributed by atoms with Gasteiger partial charge in [0.15, 0.2) is 6.16 Å². The lowest BCUT2D eigenvalue weighted by Crippen LogP contribution is -2.35. The average molecular weight is 457 g/mol. The van der Waals surface area contributed by atoms with Crippen molar-refractivity contribution in [3.63, 3.8) is 0 Å². The van der Waals surface area contributed by atoms with Gasteiger partial charge in [0.2, 0.25) is 0 Å². The van der Waals surface area contributed by atoms with Crippen molar-refractivity contribution < 1.29 is 14.3 Å². The van der Waals surface area contributed by atoms with Crippen molar-refractivity contribution in [2.24, 2.45) is 0 Å². The second-order valence-electron chi connectivity index (χ2n) is 8.72. The van der Waals surface area contributed by atoms with Gasteiger partial charge in [0.25, 0.3) is 5.91 Å². The molecule has 0 saturated carbocycles. The number of benzene rings is 2. The molecule has 0 radical (unpaired) electrons. The van der Waals surface area contributed by atoms with Crippen molar-refractivity contribution in [2.45, 2.75) is 66.6 Å². The molecule has 0 spiro atoms. The Hall–Kier alpha value is -2.19. The van der Waals surface area contributed by atoms with E-state index in [1.165, 1.54) is 5.56 Å². The first kappa shape index (κ1) is 26.1. The molecule has 0 saturated heterocycles. The van der Waals surface area contributed by atoms with Crippen molar-refractivity contribution >= 4 is 24.8 Å². The van der Waals surface area contributed by atoms with Crippen LogP contribution in [0.25, 0.3) is 0 Å². The number of carbonyl (C=O) groups excluding carboxylic acids is 2. The molecule has 32 heavy (non-hydrogen) atoms. The maximum atomic E-state index is 13.6. The van der Waals surface area contributed by atoms with Crippen LogP contribution in [0.4, 0.5) is 5.69 Å². The number of ether oxygens (including phenoxy) is 1. The number of carbonyl (C=O) groups is 2. The van der Waals surface area contributed by atoms with Crippen LogP contribution < -0.4 is 5.32 Å². The Kier molecular flexibility index (Phi) is 9.90. The van der Waals surface area contributed by atoms with Crippen molar-refractivity contribution in [1.29, 1.82) is 0 Å². The number of rotatable bonds is 11. The predicted octanol–water partition coefficient (Wildman–Crippen LogP) is 6.52. The molecule has 0 aliphatic heterocycles. The number of nitrogens with one attached hydrogen (secondary N) is 1. The quantitative estimate of drug-likeness (QED) is 0.309. The largest absolute Gasteiger partial charge is 0.458 e. The Morgan fingerprint density at radius 2 is 1.56 bits per heavy atom. The molecule has 2 aromatic rings. The van der Waals surface area contributed by atoms with E-state index in [0.717, 1.165) is 47.5 Å². The molecular formula is C27H39NO3P+. The highest BCUT2D eigenvalue weighted by Crippen LogP contribution is 2.64. The minimum absolute atomic E-state index is 0.0507. The number of esters is 1. The molecule has 0 fully saturated rings. The highest BCUT2D eigenvalue weighted by molar-refractivity contribution is 7.78. The van der Waals surface area contributed by atoms with Gasteiger partial charge in [-0.2, -0.15) is 0 Å². The molecule has 174 valence electrons. The molecule has 0 aliphatic rings. The van der Waals surface area contributed by atoms with E-state index >= 15 is 0 Å². The number of aryl methyl sites for hydroxylation is 3. The lowest BCUT2D eigenvalue weighted by Gasteiger charge is -2.32. The minimum Gasteiger partial charge on any atom is -0.458 e. The van der Waals surface area contributed by atoms with Gasteiger partial charge >= 0.3 is 5.97 Å². The van der Waals surface area contributed by atoms with Crippen LogP contribution in [0.15, 0.2) is 42.5 Å². The van der Waals surface area contributed by atoms with Crippen LogP contribution in [0.3, 0.4) is 0 Å². The van der Waals surface area contributed by atoms with Gasteiger partial charge in [0.05, 0.1) is 12.3 Å². The van der Waals surface area contributed by atoms with Gasteiger partial charge in [-0.25, -0.2) is 4.79 Å². The van der Waals surface area contributed by atoms with Gasteiger partial charge in [-0.3, -0.25) is 4.79 Å². The summed E-state index contributed by atoms with van der Waals surface area (Å²) in [5.74, 6) is -0.141. The standard InChI is InChI=1S/C27H38NO3P/c1-7-13-24(27(30)28-26-21(5)16-20(4)17-22(26)6)32(8-2,9-3)19-25(29)31-18-23-14-11-10-12-15-23/h10-12,14-17,24H,7-9,13,18-19H2,1-6H3/p+1. The number of amides is 1. The Balaban J connectivity index is 2.21. The SMILES string of the molecule is CCCC(C(=O)Nc1c(C)cc(C)cc1C)[P+](CC)(CC)CC(=O)OCc1ccccc1. The molecule has 2 rings (SSSR count). The van der Waals surface area contributed by atoms with Gasteiger partial charge in [-0.05, 0) is 57.7 Å². The predicted molar refractivity (Wildman–Crippen MR) is 137 cm³/mol. The Morgan fingerprint density at radius 1 is 0.969 bits per heavy atom. The maximum Gasteiger partial charge on any atom is 0.344 e. The maximum absolute atomic E-state index is 13.6. The molecule has 0 heterocycles. The molecule has 1 N–H and O–H groups in total. The fourth-order valence-electron chi connectivity index (χ4n) is 4.55. The molecule has 1 atom stereocenters. The van der Waals surface area contributed by atoms with E-state index in [0.29, 0.717) is 6.16 Å². The minimum atomic E-state index is -1.88. The lowest BCUT2D eigenvalue weighted by atomic mass is 10.0. The summed E-state index contributed by atoms with van der Waals surface area (Å²) in [5, 5.41) is 3.23. The molecule has 0 aromatic heterocycles. The summed E-state index contributed by atoms with van der Waals surface area (Å²) in [5.41, 5.74) is 5.07. The third kappa shape index (κ3) is 6.65. The van der Waals surface area contributed by atoms with Crippen LogP contribution in [-0.2, 0) is 20.9 Å². The van der Waals surface area contributed by atoms with Crippen LogP contribution in [0.2, 0.25) is 0 Å². The van der Waals surface area contributed by atoms with Crippen molar-refractivity contribution in [1.82, 2.24) is 0 Å². The zero-order valence-electron chi connectivity index (χ0n) is 20.5. The summed E-state index contributed by atoms with van der Waals surface area (Å²) in [6, 6.07) is 13.9. The highest BCUT2D eigenvalue weighted by atomic mass is 31.2. The van der Waals surface area contributed by atoms with Gasteiger partial charge in [0.1, 0.15) is 12.3 Å². The smallest absolute Gasteiger partial charge is 0.344 e. The van der Waals surface area contributed by atoms with Crippen LogP contribution in [0.1, 0.15) is 55.9 Å². The van der Waals surface area contributed by atoms with E-state index in [1.54, 1.807) is 0 Å². The Bertz CT molecular complexity index is 883. The molecule has 2 aromatic carbocycles. The van der Waals surface area contributed by atoms with E-state index in [2.05, 4.69) is 45.1 Å². The number of anilines is 1. The first-order valence-electron chi connectivity index (χ1n) is 11.7. The number of hydrogen-bond acceptors (Lipinski definition) is 3.